The average Bonchev–Trinajstić information content (AvgIpc) is 2.38. The van der Waals surface area contributed by atoms with Gasteiger partial charge in [-0.25, -0.2) is 8.78 Å². The third-order valence-electron chi connectivity index (χ3n) is 3.59. The molecule has 1 aliphatic rings. The SMILES string of the molecule is CNC(c1cc(F)c(C)cc1F)C1CCCOC1. The molecule has 0 bridgehead atoms. The van der Waals surface area contributed by atoms with Gasteiger partial charge in [0.1, 0.15) is 11.6 Å². The maximum absolute atomic E-state index is 14.0. The molecule has 0 amide bonds. The summed E-state index contributed by atoms with van der Waals surface area (Å²) in [5, 5.41) is 3.09. The Morgan fingerprint density at radius 3 is 2.72 bits per heavy atom. The number of hydrogen-bond acceptors (Lipinski definition) is 2. The van der Waals surface area contributed by atoms with Crippen molar-refractivity contribution in [2.75, 3.05) is 20.3 Å². The molecule has 1 aromatic carbocycles. The van der Waals surface area contributed by atoms with Gasteiger partial charge >= 0.3 is 0 Å². The molecular weight excluding hydrogens is 236 g/mol. The van der Waals surface area contributed by atoms with Crippen LogP contribution in [0.3, 0.4) is 0 Å². The molecule has 18 heavy (non-hydrogen) atoms. The second-order valence-corrected chi connectivity index (χ2v) is 4.87. The lowest BCUT2D eigenvalue weighted by Crippen LogP contribution is -2.32. The molecule has 0 radical (unpaired) electrons. The summed E-state index contributed by atoms with van der Waals surface area (Å²) in [6, 6.07) is 2.37. The lowest BCUT2D eigenvalue weighted by atomic mass is 9.88. The fourth-order valence-corrected chi connectivity index (χ4v) is 2.57. The molecule has 0 aromatic heterocycles. The predicted octanol–water partition coefficient (Wildman–Crippen LogP) is 2.96. The number of benzene rings is 1. The van der Waals surface area contributed by atoms with E-state index in [0.717, 1.165) is 19.4 Å². The highest BCUT2D eigenvalue weighted by Crippen LogP contribution is 2.31. The molecule has 1 saturated heterocycles. The topological polar surface area (TPSA) is 21.3 Å². The minimum atomic E-state index is -0.358. The highest BCUT2D eigenvalue weighted by atomic mass is 19.1. The fraction of sp³-hybridized carbons (Fsp3) is 0.571. The van der Waals surface area contributed by atoms with E-state index in [0.29, 0.717) is 17.7 Å². The van der Waals surface area contributed by atoms with Crippen molar-refractivity contribution >= 4 is 0 Å². The van der Waals surface area contributed by atoms with Crippen LogP contribution in [0.2, 0.25) is 0 Å². The summed E-state index contributed by atoms with van der Waals surface area (Å²) < 4.78 is 33.0. The molecule has 2 nitrogen and oxygen atoms in total. The van der Waals surface area contributed by atoms with Gasteiger partial charge in [0.05, 0.1) is 6.61 Å². The van der Waals surface area contributed by atoms with Crippen LogP contribution in [-0.4, -0.2) is 20.3 Å². The highest BCUT2D eigenvalue weighted by molar-refractivity contribution is 5.28. The van der Waals surface area contributed by atoms with Gasteiger partial charge in [-0.15, -0.1) is 0 Å². The summed E-state index contributed by atoms with van der Waals surface area (Å²) in [6.07, 6.45) is 1.94. The second-order valence-electron chi connectivity index (χ2n) is 4.87. The van der Waals surface area contributed by atoms with E-state index in [1.807, 2.05) is 0 Å². The molecule has 0 spiro atoms. The van der Waals surface area contributed by atoms with E-state index in [-0.39, 0.29) is 23.6 Å². The Kier molecular flexibility index (Phi) is 4.30. The van der Waals surface area contributed by atoms with Crippen LogP contribution in [0.4, 0.5) is 8.78 Å². The maximum atomic E-state index is 14.0. The monoisotopic (exact) mass is 255 g/mol. The van der Waals surface area contributed by atoms with Crippen LogP contribution in [-0.2, 0) is 4.74 Å². The van der Waals surface area contributed by atoms with Gasteiger partial charge in [-0.1, -0.05) is 0 Å². The van der Waals surface area contributed by atoms with E-state index in [1.165, 1.54) is 12.1 Å². The van der Waals surface area contributed by atoms with Crippen molar-refractivity contribution in [1.82, 2.24) is 5.32 Å². The van der Waals surface area contributed by atoms with Gasteiger partial charge in [0, 0.05) is 24.1 Å². The molecule has 2 unspecified atom stereocenters. The van der Waals surface area contributed by atoms with Crippen molar-refractivity contribution in [3.63, 3.8) is 0 Å². The number of halogens is 2. The second kappa shape index (κ2) is 5.76. The van der Waals surface area contributed by atoms with Crippen LogP contribution in [0.1, 0.15) is 30.0 Å². The minimum Gasteiger partial charge on any atom is -0.381 e. The zero-order valence-electron chi connectivity index (χ0n) is 10.8. The maximum Gasteiger partial charge on any atom is 0.128 e. The largest absolute Gasteiger partial charge is 0.381 e. The van der Waals surface area contributed by atoms with Crippen molar-refractivity contribution < 1.29 is 13.5 Å². The number of rotatable bonds is 3. The van der Waals surface area contributed by atoms with Crippen LogP contribution in [0.15, 0.2) is 12.1 Å². The first kappa shape index (κ1) is 13.4. The first-order chi connectivity index (χ1) is 8.63. The molecule has 1 aliphatic heterocycles. The van der Waals surface area contributed by atoms with Crippen molar-refractivity contribution in [3.8, 4) is 0 Å². The number of hydrogen-bond donors (Lipinski definition) is 1. The van der Waals surface area contributed by atoms with Crippen LogP contribution in [0, 0.1) is 24.5 Å². The van der Waals surface area contributed by atoms with Gasteiger partial charge in [-0.05, 0) is 44.5 Å². The Balaban J connectivity index is 2.28. The van der Waals surface area contributed by atoms with Crippen molar-refractivity contribution in [2.45, 2.75) is 25.8 Å². The summed E-state index contributed by atoms with van der Waals surface area (Å²) in [4.78, 5) is 0. The van der Waals surface area contributed by atoms with Crippen molar-refractivity contribution in [3.05, 3.63) is 34.9 Å². The van der Waals surface area contributed by atoms with E-state index < -0.39 is 0 Å². The molecule has 1 heterocycles. The first-order valence-electron chi connectivity index (χ1n) is 6.34. The van der Waals surface area contributed by atoms with Gasteiger partial charge in [0.2, 0.25) is 0 Å². The van der Waals surface area contributed by atoms with Crippen LogP contribution >= 0.6 is 0 Å². The van der Waals surface area contributed by atoms with Gasteiger partial charge in [0.15, 0.2) is 0 Å². The van der Waals surface area contributed by atoms with E-state index >= 15 is 0 Å². The van der Waals surface area contributed by atoms with E-state index in [2.05, 4.69) is 5.32 Å². The number of ether oxygens (including phenoxy) is 1. The fourth-order valence-electron chi connectivity index (χ4n) is 2.57. The molecule has 0 aliphatic carbocycles. The predicted molar refractivity (Wildman–Crippen MR) is 66.4 cm³/mol. The van der Waals surface area contributed by atoms with Gasteiger partial charge in [-0.3, -0.25) is 0 Å². The lowest BCUT2D eigenvalue weighted by molar-refractivity contribution is 0.0396. The van der Waals surface area contributed by atoms with E-state index in [9.17, 15) is 8.78 Å². The molecule has 0 saturated carbocycles. The van der Waals surface area contributed by atoms with Gasteiger partial charge < -0.3 is 10.1 Å². The van der Waals surface area contributed by atoms with Crippen molar-refractivity contribution in [2.24, 2.45) is 5.92 Å². The first-order valence-corrected chi connectivity index (χ1v) is 6.34. The number of nitrogens with one attached hydrogen (secondary N) is 1. The quantitative estimate of drug-likeness (QED) is 0.896. The lowest BCUT2D eigenvalue weighted by Gasteiger charge is -2.30. The average molecular weight is 255 g/mol. The standard InChI is InChI=1S/C14H19F2NO/c1-9-6-13(16)11(7-12(9)15)14(17-2)10-4-3-5-18-8-10/h6-7,10,14,17H,3-5,8H2,1-2H3. The van der Waals surface area contributed by atoms with E-state index in [4.69, 9.17) is 4.74 Å². The van der Waals surface area contributed by atoms with Crippen molar-refractivity contribution in [1.29, 1.82) is 0 Å². The van der Waals surface area contributed by atoms with Crippen LogP contribution in [0.25, 0.3) is 0 Å². The third kappa shape index (κ3) is 2.70. The highest BCUT2D eigenvalue weighted by Gasteiger charge is 2.27. The molecule has 100 valence electrons. The van der Waals surface area contributed by atoms with Gasteiger partial charge in [-0.2, -0.15) is 0 Å². The molecular formula is C14H19F2NO. The molecule has 2 rings (SSSR count). The zero-order valence-corrected chi connectivity index (χ0v) is 10.8. The molecule has 1 aromatic rings. The zero-order chi connectivity index (χ0) is 13.1. The Hall–Kier alpha value is -1.00. The van der Waals surface area contributed by atoms with Gasteiger partial charge in [0.25, 0.3) is 0 Å². The molecule has 2 atom stereocenters. The minimum absolute atomic E-state index is 0.194. The molecule has 4 heteroatoms. The van der Waals surface area contributed by atoms with Crippen LogP contribution < -0.4 is 5.32 Å². The smallest absolute Gasteiger partial charge is 0.128 e. The molecule has 1 fully saturated rings. The molecule has 1 N–H and O–H groups in total. The Labute approximate surface area is 106 Å². The van der Waals surface area contributed by atoms with Crippen LogP contribution in [0.5, 0.6) is 0 Å². The third-order valence-corrected chi connectivity index (χ3v) is 3.59. The Morgan fingerprint density at radius 1 is 1.33 bits per heavy atom. The Bertz CT molecular complexity index is 417. The number of aryl methyl sites for hydroxylation is 1. The normalized spacial score (nSPS) is 21.9. The summed E-state index contributed by atoms with van der Waals surface area (Å²) >= 11 is 0. The van der Waals surface area contributed by atoms with E-state index in [1.54, 1.807) is 14.0 Å². The summed E-state index contributed by atoms with van der Waals surface area (Å²) in [5.74, 6) is -0.512. The summed E-state index contributed by atoms with van der Waals surface area (Å²) in [5.41, 5.74) is 0.738. The summed E-state index contributed by atoms with van der Waals surface area (Å²) in [7, 11) is 1.77. The Morgan fingerprint density at radius 2 is 2.11 bits per heavy atom. The summed E-state index contributed by atoms with van der Waals surface area (Å²) in [6.45, 7) is 2.93.